The number of piperazine rings is 1. The van der Waals surface area contributed by atoms with Gasteiger partial charge < -0.3 is 4.90 Å². The normalized spacial score (nSPS) is 17.5. The summed E-state index contributed by atoms with van der Waals surface area (Å²) in [6.45, 7) is -1.44. The number of alkyl halides is 3. The van der Waals surface area contributed by atoms with Gasteiger partial charge in [0.1, 0.15) is 10.7 Å². The summed E-state index contributed by atoms with van der Waals surface area (Å²) in [5.74, 6) is -2.94. The zero-order valence-electron chi connectivity index (χ0n) is 11.2. The van der Waals surface area contributed by atoms with E-state index in [2.05, 4.69) is 0 Å². The minimum absolute atomic E-state index is 0.321. The average Bonchev–Trinajstić information content (AvgIpc) is 2.46. The van der Waals surface area contributed by atoms with Crippen LogP contribution in [0.3, 0.4) is 0 Å². The quantitative estimate of drug-likeness (QED) is 0.761. The first kappa shape index (κ1) is 16.7. The van der Waals surface area contributed by atoms with Crippen molar-refractivity contribution in [1.29, 1.82) is 0 Å². The lowest BCUT2D eigenvalue weighted by molar-refractivity contribution is -0.186. The first-order valence-electron chi connectivity index (χ1n) is 6.25. The Bertz CT molecular complexity index is 667. The highest BCUT2D eigenvalue weighted by molar-refractivity contribution is 7.89. The zero-order chi connectivity index (χ0) is 16.5. The molecule has 0 N–H and O–H groups in total. The van der Waals surface area contributed by atoms with Crippen molar-refractivity contribution in [3.8, 4) is 0 Å². The molecule has 0 spiro atoms. The molecule has 0 aromatic heterocycles. The Balaban J connectivity index is 2.12. The third-order valence-corrected chi connectivity index (χ3v) is 5.15. The molecule has 2 rings (SSSR count). The lowest BCUT2D eigenvalue weighted by atomic mass is 10.3. The fraction of sp³-hybridized carbons (Fsp3) is 0.417. The summed E-state index contributed by atoms with van der Waals surface area (Å²) in [4.78, 5) is 11.1. The van der Waals surface area contributed by atoms with Crippen LogP contribution < -0.4 is 0 Å². The summed E-state index contributed by atoms with van der Waals surface area (Å²) in [6, 6.07) is 4.74. The molecule has 1 aliphatic rings. The van der Waals surface area contributed by atoms with Gasteiger partial charge in [0.15, 0.2) is 0 Å². The van der Waals surface area contributed by atoms with Crippen molar-refractivity contribution in [2.45, 2.75) is 11.1 Å². The molecule has 1 heterocycles. The minimum atomic E-state index is -4.99. The smallest absolute Gasteiger partial charge is 0.332 e. The highest BCUT2D eigenvalue weighted by Gasteiger charge is 2.44. The Morgan fingerprint density at radius 3 is 2.09 bits per heavy atom. The Morgan fingerprint density at radius 2 is 1.59 bits per heavy atom. The Morgan fingerprint density at radius 1 is 1.05 bits per heavy atom. The van der Waals surface area contributed by atoms with E-state index in [1.54, 1.807) is 0 Å². The summed E-state index contributed by atoms with van der Waals surface area (Å²) >= 11 is 0. The fourth-order valence-corrected chi connectivity index (χ4v) is 3.59. The van der Waals surface area contributed by atoms with E-state index in [4.69, 9.17) is 0 Å². The third kappa shape index (κ3) is 3.22. The first-order chi connectivity index (χ1) is 10.1. The molecule has 1 saturated heterocycles. The van der Waals surface area contributed by atoms with E-state index in [9.17, 15) is 30.8 Å². The van der Waals surface area contributed by atoms with E-state index in [-0.39, 0.29) is 13.1 Å². The van der Waals surface area contributed by atoms with Gasteiger partial charge >= 0.3 is 12.1 Å². The van der Waals surface area contributed by atoms with Crippen LogP contribution in [0.2, 0.25) is 0 Å². The summed E-state index contributed by atoms with van der Waals surface area (Å²) in [5, 5.41) is 0. The van der Waals surface area contributed by atoms with Crippen LogP contribution in [0.25, 0.3) is 0 Å². The van der Waals surface area contributed by atoms with Gasteiger partial charge in [-0.2, -0.15) is 17.5 Å². The minimum Gasteiger partial charge on any atom is -0.332 e. The molecule has 0 atom stereocenters. The second-order valence-corrected chi connectivity index (χ2v) is 6.53. The van der Waals surface area contributed by atoms with Crippen molar-refractivity contribution < 1.29 is 30.8 Å². The molecule has 1 aliphatic heterocycles. The maximum absolute atomic E-state index is 13.6. The number of hydrogen-bond donors (Lipinski definition) is 0. The fourth-order valence-electron chi connectivity index (χ4n) is 2.10. The average molecular weight is 340 g/mol. The van der Waals surface area contributed by atoms with Crippen LogP contribution in [0.5, 0.6) is 0 Å². The van der Waals surface area contributed by atoms with E-state index in [1.165, 1.54) is 12.1 Å². The molecule has 1 fully saturated rings. The van der Waals surface area contributed by atoms with Gasteiger partial charge in [-0.1, -0.05) is 12.1 Å². The van der Waals surface area contributed by atoms with Crippen LogP contribution >= 0.6 is 0 Å². The Kier molecular flexibility index (Phi) is 4.43. The predicted octanol–water partition coefficient (Wildman–Crippen LogP) is 1.22. The van der Waals surface area contributed by atoms with Crippen molar-refractivity contribution >= 4 is 15.9 Å². The molecule has 10 heteroatoms. The lowest BCUT2D eigenvalue weighted by Crippen LogP contribution is -2.53. The number of amides is 1. The van der Waals surface area contributed by atoms with Gasteiger partial charge in [-0.05, 0) is 12.1 Å². The SMILES string of the molecule is O=C(N1CCN(S(=O)(=O)c2ccccc2F)CC1)C(F)(F)F. The molecule has 0 radical (unpaired) electrons. The second-order valence-electron chi connectivity index (χ2n) is 4.62. The highest BCUT2D eigenvalue weighted by atomic mass is 32.2. The monoisotopic (exact) mass is 340 g/mol. The summed E-state index contributed by atoms with van der Waals surface area (Å²) in [5.41, 5.74) is 0. The second kappa shape index (κ2) is 5.84. The van der Waals surface area contributed by atoms with E-state index in [0.717, 1.165) is 16.4 Å². The molecule has 0 saturated carbocycles. The number of rotatable bonds is 2. The van der Waals surface area contributed by atoms with Crippen LogP contribution in [0.15, 0.2) is 29.2 Å². The zero-order valence-corrected chi connectivity index (χ0v) is 12.0. The van der Waals surface area contributed by atoms with Gasteiger partial charge in [0.2, 0.25) is 10.0 Å². The molecule has 0 bridgehead atoms. The van der Waals surface area contributed by atoms with Crippen molar-refractivity contribution in [2.24, 2.45) is 0 Å². The van der Waals surface area contributed by atoms with Crippen LogP contribution in [-0.2, 0) is 14.8 Å². The largest absolute Gasteiger partial charge is 0.471 e. The maximum atomic E-state index is 13.6. The molecule has 22 heavy (non-hydrogen) atoms. The van der Waals surface area contributed by atoms with Gasteiger partial charge in [-0.3, -0.25) is 4.79 Å². The molecular weight excluding hydrogens is 328 g/mol. The van der Waals surface area contributed by atoms with Crippen LogP contribution in [0.1, 0.15) is 0 Å². The standard InChI is InChI=1S/C12H12F4N2O3S/c13-9-3-1-2-4-10(9)22(20,21)18-7-5-17(6-8-18)11(19)12(14,15)16/h1-4H,5-8H2. The maximum Gasteiger partial charge on any atom is 0.471 e. The molecule has 0 aliphatic carbocycles. The Labute approximate surface area is 124 Å². The molecule has 0 unspecified atom stereocenters. The van der Waals surface area contributed by atoms with Crippen molar-refractivity contribution in [3.05, 3.63) is 30.1 Å². The molecule has 1 amide bonds. The van der Waals surface area contributed by atoms with Gasteiger partial charge in [-0.15, -0.1) is 0 Å². The van der Waals surface area contributed by atoms with Gasteiger partial charge in [0.05, 0.1) is 0 Å². The highest BCUT2D eigenvalue weighted by Crippen LogP contribution is 2.23. The van der Waals surface area contributed by atoms with Crippen molar-refractivity contribution in [1.82, 2.24) is 9.21 Å². The van der Waals surface area contributed by atoms with Gasteiger partial charge in [0, 0.05) is 26.2 Å². The number of hydrogen-bond acceptors (Lipinski definition) is 3. The van der Waals surface area contributed by atoms with Gasteiger partial charge in [0.25, 0.3) is 0 Å². The molecule has 5 nitrogen and oxygen atoms in total. The number of carbonyl (C=O) groups excluding carboxylic acids is 1. The summed E-state index contributed by atoms with van der Waals surface area (Å²) < 4.78 is 75.9. The van der Waals surface area contributed by atoms with E-state index < -0.39 is 45.9 Å². The molecule has 122 valence electrons. The van der Waals surface area contributed by atoms with E-state index >= 15 is 0 Å². The van der Waals surface area contributed by atoms with Gasteiger partial charge in [-0.25, -0.2) is 12.8 Å². The topological polar surface area (TPSA) is 57.7 Å². The van der Waals surface area contributed by atoms with Crippen LogP contribution in [0.4, 0.5) is 17.6 Å². The number of carbonyl (C=O) groups is 1. The predicted molar refractivity (Wildman–Crippen MR) is 67.8 cm³/mol. The number of benzene rings is 1. The molecular formula is C12H12F4N2O3S. The van der Waals surface area contributed by atoms with E-state index in [1.807, 2.05) is 0 Å². The third-order valence-electron chi connectivity index (χ3n) is 3.22. The Hall–Kier alpha value is -1.68. The first-order valence-corrected chi connectivity index (χ1v) is 7.69. The lowest BCUT2D eigenvalue weighted by Gasteiger charge is -2.34. The van der Waals surface area contributed by atoms with Crippen LogP contribution in [0, 0.1) is 5.82 Å². The number of sulfonamides is 1. The number of nitrogens with zero attached hydrogens (tertiary/aromatic N) is 2. The van der Waals surface area contributed by atoms with Crippen LogP contribution in [-0.4, -0.2) is 55.9 Å². The van der Waals surface area contributed by atoms with E-state index in [0.29, 0.717) is 4.90 Å². The number of halogens is 4. The summed E-state index contributed by atoms with van der Waals surface area (Å²) in [6.07, 6.45) is -4.99. The summed E-state index contributed by atoms with van der Waals surface area (Å²) in [7, 11) is -4.14. The molecule has 1 aromatic rings. The van der Waals surface area contributed by atoms with Crippen molar-refractivity contribution in [2.75, 3.05) is 26.2 Å². The van der Waals surface area contributed by atoms with Crippen molar-refractivity contribution in [3.63, 3.8) is 0 Å². The molecule has 1 aromatic carbocycles.